The molecule has 108 valence electrons. The van der Waals surface area contributed by atoms with Gasteiger partial charge in [-0.05, 0) is 24.6 Å². The van der Waals surface area contributed by atoms with Crippen molar-refractivity contribution in [2.24, 2.45) is 0 Å². The molecule has 0 saturated carbocycles. The minimum absolute atomic E-state index is 0.350. The van der Waals surface area contributed by atoms with Crippen molar-refractivity contribution in [2.45, 2.75) is 19.6 Å². The van der Waals surface area contributed by atoms with Gasteiger partial charge in [-0.3, -0.25) is 5.10 Å². The van der Waals surface area contributed by atoms with Crippen LogP contribution in [-0.4, -0.2) is 31.5 Å². The summed E-state index contributed by atoms with van der Waals surface area (Å²) in [6.07, 6.45) is 1.62. The molecule has 5 N–H and O–H groups in total. The van der Waals surface area contributed by atoms with Crippen LogP contribution in [0.15, 0.2) is 30.5 Å². The number of hydrogen-bond donors (Lipinski definition) is 4. The third-order valence-corrected chi connectivity index (χ3v) is 3.18. The highest BCUT2D eigenvalue weighted by molar-refractivity contribution is 5.91. The number of nitrogens with two attached hydrogens (primary N) is 1. The fourth-order valence-corrected chi connectivity index (χ4v) is 2.07. The number of hydrogen-bond acceptors (Lipinski definition) is 6. The number of fused-ring (bicyclic) bond motifs is 1. The number of pyridine rings is 2. The molecule has 0 aromatic carbocycles. The highest BCUT2D eigenvalue weighted by Gasteiger charge is 2.10. The number of nitrogen functional groups attached to an aromatic ring is 1. The average molecular weight is 284 g/mol. The Morgan fingerprint density at radius 1 is 1.33 bits per heavy atom. The predicted molar refractivity (Wildman–Crippen MR) is 81.5 cm³/mol. The molecule has 0 aliphatic rings. The zero-order valence-electron chi connectivity index (χ0n) is 11.5. The Morgan fingerprint density at radius 2 is 2.19 bits per heavy atom. The Kier molecular flexibility index (Phi) is 3.41. The molecule has 3 aromatic heterocycles. The molecule has 0 bridgehead atoms. The van der Waals surface area contributed by atoms with Gasteiger partial charge in [0.05, 0.1) is 17.1 Å². The first-order valence-corrected chi connectivity index (χ1v) is 6.69. The largest absolute Gasteiger partial charge is 0.384 e. The van der Waals surface area contributed by atoms with E-state index in [0.29, 0.717) is 17.9 Å². The number of aromatic nitrogens is 4. The van der Waals surface area contributed by atoms with Gasteiger partial charge < -0.3 is 16.2 Å². The minimum atomic E-state index is -0.637. The van der Waals surface area contributed by atoms with Crippen LogP contribution in [0.1, 0.15) is 13.3 Å². The monoisotopic (exact) mass is 284 g/mol. The predicted octanol–water partition coefficient (Wildman–Crippen LogP) is 1.74. The van der Waals surface area contributed by atoms with Gasteiger partial charge in [0.2, 0.25) is 0 Å². The Labute approximate surface area is 121 Å². The fraction of sp³-hybridized carbons (Fsp3) is 0.214. The molecule has 0 fully saturated rings. The molecule has 0 aliphatic carbocycles. The van der Waals surface area contributed by atoms with E-state index in [1.165, 1.54) is 0 Å². The van der Waals surface area contributed by atoms with Gasteiger partial charge in [0.1, 0.15) is 12.0 Å². The smallest absolute Gasteiger partial charge is 0.164 e. The number of nitrogens with one attached hydrogen (secondary N) is 2. The molecule has 3 heterocycles. The normalized spacial score (nSPS) is 12.5. The fourth-order valence-electron chi connectivity index (χ4n) is 2.07. The molecule has 0 aliphatic heterocycles. The molecule has 1 atom stereocenters. The lowest BCUT2D eigenvalue weighted by atomic mass is 10.2. The van der Waals surface area contributed by atoms with E-state index in [4.69, 9.17) is 5.73 Å². The van der Waals surface area contributed by atoms with E-state index >= 15 is 0 Å². The second-order valence-corrected chi connectivity index (χ2v) is 4.70. The quantitative estimate of drug-likeness (QED) is 0.543. The van der Waals surface area contributed by atoms with Crippen LogP contribution in [-0.2, 0) is 0 Å². The summed E-state index contributed by atoms with van der Waals surface area (Å²) in [7, 11) is 0. The molecule has 7 nitrogen and oxygen atoms in total. The van der Waals surface area contributed by atoms with Crippen molar-refractivity contribution in [1.29, 1.82) is 0 Å². The molecule has 0 amide bonds. The van der Waals surface area contributed by atoms with Crippen molar-refractivity contribution in [1.82, 2.24) is 20.2 Å². The summed E-state index contributed by atoms with van der Waals surface area (Å²) in [6.45, 7) is 1.89. The molecule has 21 heavy (non-hydrogen) atoms. The van der Waals surface area contributed by atoms with Crippen molar-refractivity contribution in [3.05, 3.63) is 30.5 Å². The number of rotatable bonds is 4. The first kappa shape index (κ1) is 13.3. The zero-order valence-corrected chi connectivity index (χ0v) is 11.5. The molecular formula is C14H16N6O. The average Bonchev–Trinajstić information content (AvgIpc) is 3.00. The van der Waals surface area contributed by atoms with Gasteiger partial charge in [-0.1, -0.05) is 6.92 Å². The minimum Gasteiger partial charge on any atom is -0.384 e. The third-order valence-electron chi connectivity index (χ3n) is 3.18. The van der Waals surface area contributed by atoms with Crippen molar-refractivity contribution in [3.8, 4) is 11.4 Å². The van der Waals surface area contributed by atoms with Crippen LogP contribution in [0.3, 0.4) is 0 Å². The Morgan fingerprint density at radius 3 is 2.90 bits per heavy atom. The van der Waals surface area contributed by atoms with Crippen molar-refractivity contribution in [3.63, 3.8) is 0 Å². The molecular weight excluding hydrogens is 268 g/mol. The maximum Gasteiger partial charge on any atom is 0.164 e. The Balaban J connectivity index is 2.10. The van der Waals surface area contributed by atoms with E-state index in [0.717, 1.165) is 22.5 Å². The van der Waals surface area contributed by atoms with Crippen LogP contribution in [0.4, 0.5) is 11.5 Å². The molecule has 1 unspecified atom stereocenters. The lowest BCUT2D eigenvalue weighted by molar-refractivity contribution is 0.199. The number of anilines is 2. The molecule has 0 saturated heterocycles. The highest BCUT2D eigenvalue weighted by Crippen LogP contribution is 2.26. The number of aromatic amines is 1. The van der Waals surface area contributed by atoms with E-state index < -0.39 is 6.23 Å². The van der Waals surface area contributed by atoms with Gasteiger partial charge in [0.25, 0.3) is 0 Å². The van der Waals surface area contributed by atoms with E-state index in [9.17, 15) is 5.11 Å². The second kappa shape index (κ2) is 5.37. The maximum atomic E-state index is 9.76. The van der Waals surface area contributed by atoms with E-state index in [1.54, 1.807) is 12.3 Å². The van der Waals surface area contributed by atoms with E-state index in [2.05, 4.69) is 25.5 Å². The lowest BCUT2D eigenvalue weighted by Crippen LogP contribution is -2.17. The molecule has 3 rings (SSSR count). The topological polar surface area (TPSA) is 113 Å². The van der Waals surface area contributed by atoms with Gasteiger partial charge in [-0.25, -0.2) is 9.97 Å². The molecule has 3 aromatic rings. The summed E-state index contributed by atoms with van der Waals surface area (Å²) in [5.74, 6) is 0.350. The molecule has 0 spiro atoms. The Hall–Kier alpha value is -2.67. The summed E-state index contributed by atoms with van der Waals surface area (Å²) in [5, 5.41) is 20.3. The molecule has 7 heteroatoms. The van der Waals surface area contributed by atoms with Gasteiger partial charge in [-0.2, -0.15) is 5.10 Å². The number of aliphatic hydroxyl groups is 1. The summed E-state index contributed by atoms with van der Waals surface area (Å²) >= 11 is 0. The van der Waals surface area contributed by atoms with Crippen molar-refractivity contribution >= 4 is 22.5 Å². The van der Waals surface area contributed by atoms with Crippen molar-refractivity contribution < 1.29 is 5.11 Å². The summed E-state index contributed by atoms with van der Waals surface area (Å²) in [5.41, 5.74) is 8.60. The SMILES string of the molecule is CCC(O)Nc1cc(N)nc2nc(-c3ccn[nH]3)ccc12. The third kappa shape index (κ3) is 2.63. The number of H-pyrrole nitrogens is 1. The second-order valence-electron chi connectivity index (χ2n) is 4.70. The van der Waals surface area contributed by atoms with Gasteiger partial charge in [0, 0.05) is 17.6 Å². The standard InChI is InChI=1S/C14H16N6O/c1-2-13(21)17-11-7-12(15)19-14-8(11)3-4-9(18-14)10-5-6-16-20-10/h3-7,13,21H,2H2,1H3,(H,16,20)(H3,15,17,18,19). The first-order chi connectivity index (χ1) is 10.2. The van der Waals surface area contributed by atoms with Crippen LogP contribution in [0.5, 0.6) is 0 Å². The number of nitrogens with zero attached hydrogens (tertiary/aromatic N) is 3. The van der Waals surface area contributed by atoms with E-state index in [-0.39, 0.29) is 0 Å². The lowest BCUT2D eigenvalue weighted by Gasteiger charge is -2.14. The first-order valence-electron chi connectivity index (χ1n) is 6.69. The van der Waals surface area contributed by atoms with Gasteiger partial charge in [0.15, 0.2) is 5.65 Å². The maximum absolute atomic E-state index is 9.76. The van der Waals surface area contributed by atoms with Gasteiger partial charge >= 0.3 is 0 Å². The highest BCUT2D eigenvalue weighted by atomic mass is 16.3. The van der Waals surface area contributed by atoms with Crippen LogP contribution < -0.4 is 11.1 Å². The van der Waals surface area contributed by atoms with Crippen LogP contribution >= 0.6 is 0 Å². The summed E-state index contributed by atoms with van der Waals surface area (Å²) in [4.78, 5) is 8.74. The van der Waals surface area contributed by atoms with Crippen LogP contribution in [0.2, 0.25) is 0 Å². The zero-order chi connectivity index (χ0) is 14.8. The summed E-state index contributed by atoms with van der Waals surface area (Å²) < 4.78 is 0. The van der Waals surface area contributed by atoms with Crippen LogP contribution in [0, 0.1) is 0 Å². The van der Waals surface area contributed by atoms with Crippen molar-refractivity contribution in [2.75, 3.05) is 11.1 Å². The molecule has 0 radical (unpaired) electrons. The Bertz CT molecular complexity index is 756. The summed E-state index contributed by atoms with van der Waals surface area (Å²) in [6, 6.07) is 7.30. The van der Waals surface area contributed by atoms with E-state index in [1.807, 2.05) is 25.1 Å². The van der Waals surface area contributed by atoms with Crippen LogP contribution in [0.25, 0.3) is 22.4 Å². The van der Waals surface area contributed by atoms with Gasteiger partial charge in [-0.15, -0.1) is 0 Å². The number of aliphatic hydroxyl groups excluding tert-OH is 1.